The van der Waals surface area contributed by atoms with E-state index in [9.17, 15) is 0 Å². The van der Waals surface area contributed by atoms with Crippen LogP contribution in [-0.2, 0) is 6.54 Å². The summed E-state index contributed by atoms with van der Waals surface area (Å²) in [6.07, 6.45) is 4.00. The second kappa shape index (κ2) is 3.02. The van der Waals surface area contributed by atoms with Crippen molar-refractivity contribution in [1.29, 1.82) is 0 Å². The van der Waals surface area contributed by atoms with Crippen LogP contribution < -0.4 is 0 Å². The minimum Gasteiger partial charge on any atom is -0.341 e. The Balaban J connectivity index is 2.39. The molecular weight excluding hydrogens is 184 g/mol. The van der Waals surface area contributed by atoms with Gasteiger partial charge in [0.1, 0.15) is 5.65 Å². The number of nitrogens with one attached hydrogen (secondary N) is 1. The quantitative estimate of drug-likeness (QED) is 0.607. The summed E-state index contributed by atoms with van der Waals surface area (Å²) < 4.78 is 2.17. The SMILES string of the molecule is C=CCn1ccc2c3ccccc3[nH]c21. The monoisotopic (exact) mass is 196 g/mol. The summed E-state index contributed by atoms with van der Waals surface area (Å²) in [5.74, 6) is 0. The van der Waals surface area contributed by atoms with E-state index >= 15 is 0 Å². The molecule has 15 heavy (non-hydrogen) atoms. The van der Waals surface area contributed by atoms with Crippen molar-refractivity contribution in [2.45, 2.75) is 6.54 Å². The Hall–Kier alpha value is -1.96. The molecule has 0 spiro atoms. The van der Waals surface area contributed by atoms with Gasteiger partial charge in [-0.05, 0) is 12.1 Å². The Bertz CT molecular complexity index is 628. The molecule has 3 aromatic rings. The molecule has 0 saturated heterocycles. The first kappa shape index (κ1) is 8.36. The lowest BCUT2D eigenvalue weighted by Crippen LogP contribution is -1.91. The number of aromatic nitrogens is 2. The molecule has 0 aliphatic carbocycles. The van der Waals surface area contributed by atoms with Gasteiger partial charge in [0.25, 0.3) is 0 Å². The zero-order valence-corrected chi connectivity index (χ0v) is 8.40. The van der Waals surface area contributed by atoms with Gasteiger partial charge in [0.2, 0.25) is 0 Å². The average molecular weight is 196 g/mol. The Morgan fingerprint density at radius 3 is 2.93 bits per heavy atom. The number of fused-ring (bicyclic) bond motifs is 3. The lowest BCUT2D eigenvalue weighted by Gasteiger charge is -1.96. The van der Waals surface area contributed by atoms with E-state index < -0.39 is 0 Å². The van der Waals surface area contributed by atoms with Gasteiger partial charge < -0.3 is 9.55 Å². The van der Waals surface area contributed by atoms with E-state index in [1.54, 1.807) is 0 Å². The molecule has 0 radical (unpaired) electrons. The van der Waals surface area contributed by atoms with Gasteiger partial charge in [-0.3, -0.25) is 0 Å². The van der Waals surface area contributed by atoms with Crippen LogP contribution in [0.25, 0.3) is 21.9 Å². The smallest absolute Gasteiger partial charge is 0.118 e. The number of hydrogen-bond donors (Lipinski definition) is 1. The summed E-state index contributed by atoms with van der Waals surface area (Å²) in [5, 5.41) is 2.57. The molecule has 2 nitrogen and oxygen atoms in total. The van der Waals surface area contributed by atoms with Crippen molar-refractivity contribution < 1.29 is 0 Å². The lowest BCUT2D eigenvalue weighted by molar-refractivity contribution is 0.855. The van der Waals surface area contributed by atoms with Crippen LogP contribution in [0.15, 0.2) is 49.2 Å². The predicted molar refractivity (Wildman–Crippen MR) is 64.0 cm³/mol. The third-order valence-electron chi connectivity index (χ3n) is 2.76. The fourth-order valence-electron chi connectivity index (χ4n) is 2.07. The first-order valence-electron chi connectivity index (χ1n) is 5.06. The molecule has 1 aromatic carbocycles. The van der Waals surface area contributed by atoms with E-state index in [4.69, 9.17) is 0 Å². The minimum absolute atomic E-state index is 0.844. The maximum absolute atomic E-state index is 3.76. The zero-order valence-electron chi connectivity index (χ0n) is 8.40. The summed E-state index contributed by atoms with van der Waals surface area (Å²) in [7, 11) is 0. The maximum atomic E-state index is 3.76. The molecule has 0 aliphatic rings. The van der Waals surface area contributed by atoms with Crippen molar-refractivity contribution in [3.05, 3.63) is 49.2 Å². The molecule has 3 rings (SSSR count). The van der Waals surface area contributed by atoms with Crippen molar-refractivity contribution >= 4 is 21.9 Å². The van der Waals surface area contributed by atoms with Gasteiger partial charge in [0.05, 0.1) is 0 Å². The normalized spacial score (nSPS) is 11.2. The van der Waals surface area contributed by atoms with Gasteiger partial charge in [-0.2, -0.15) is 0 Å². The van der Waals surface area contributed by atoms with Crippen LogP contribution in [0.2, 0.25) is 0 Å². The molecule has 0 fully saturated rings. The highest BCUT2D eigenvalue weighted by Crippen LogP contribution is 2.25. The lowest BCUT2D eigenvalue weighted by atomic mass is 10.2. The van der Waals surface area contributed by atoms with Crippen LogP contribution >= 0.6 is 0 Å². The van der Waals surface area contributed by atoms with Crippen molar-refractivity contribution in [3.63, 3.8) is 0 Å². The highest BCUT2D eigenvalue weighted by atomic mass is 15.0. The first-order chi connectivity index (χ1) is 7.40. The van der Waals surface area contributed by atoms with Crippen molar-refractivity contribution in [3.8, 4) is 0 Å². The van der Waals surface area contributed by atoms with E-state index in [1.165, 1.54) is 21.9 Å². The van der Waals surface area contributed by atoms with E-state index in [0.29, 0.717) is 0 Å². The number of hydrogen-bond acceptors (Lipinski definition) is 0. The summed E-state index contributed by atoms with van der Waals surface area (Å²) >= 11 is 0. The number of aromatic amines is 1. The van der Waals surface area contributed by atoms with Crippen molar-refractivity contribution in [2.24, 2.45) is 0 Å². The predicted octanol–water partition coefficient (Wildman–Crippen LogP) is 3.31. The van der Waals surface area contributed by atoms with E-state index in [-0.39, 0.29) is 0 Å². The van der Waals surface area contributed by atoms with Gasteiger partial charge >= 0.3 is 0 Å². The molecule has 0 aliphatic heterocycles. The van der Waals surface area contributed by atoms with Crippen LogP contribution in [0, 0.1) is 0 Å². The number of benzene rings is 1. The van der Waals surface area contributed by atoms with Gasteiger partial charge in [-0.1, -0.05) is 24.3 Å². The number of H-pyrrole nitrogens is 1. The minimum atomic E-state index is 0.844. The largest absolute Gasteiger partial charge is 0.341 e. The van der Waals surface area contributed by atoms with E-state index in [2.05, 4.69) is 52.7 Å². The number of para-hydroxylation sites is 1. The molecule has 2 heteroatoms. The third kappa shape index (κ3) is 1.11. The van der Waals surface area contributed by atoms with Gasteiger partial charge in [0.15, 0.2) is 0 Å². The molecule has 2 heterocycles. The Morgan fingerprint density at radius 1 is 1.20 bits per heavy atom. The molecule has 1 N–H and O–H groups in total. The Kier molecular flexibility index (Phi) is 1.68. The van der Waals surface area contributed by atoms with Crippen LogP contribution in [0.5, 0.6) is 0 Å². The van der Waals surface area contributed by atoms with Crippen LogP contribution in [0.1, 0.15) is 0 Å². The highest BCUT2D eigenvalue weighted by molar-refractivity contribution is 6.06. The molecule has 0 amide bonds. The zero-order chi connectivity index (χ0) is 10.3. The Labute approximate surface area is 87.8 Å². The average Bonchev–Trinajstić information content (AvgIpc) is 2.79. The highest BCUT2D eigenvalue weighted by Gasteiger charge is 2.06. The fourth-order valence-corrected chi connectivity index (χ4v) is 2.07. The summed E-state index contributed by atoms with van der Waals surface area (Å²) in [6, 6.07) is 10.5. The van der Waals surface area contributed by atoms with Crippen molar-refractivity contribution in [2.75, 3.05) is 0 Å². The molecule has 0 bridgehead atoms. The summed E-state index contributed by atoms with van der Waals surface area (Å²) in [5.41, 5.74) is 2.37. The summed E-state index contributed by atoms with van der Waals surface area (Å²) in [6.45, 7) is 4.61. The third-order valence-corrected chi connectivity index (χ3v) is 2.76. The van der Waals surface area contributed by atoms with E-state index in [0.717, 1.165) is 6.54 Å². The van der Waals surface area contributed by atoms with Crippen LogP contribution in [0.3, 0.4) is 0 Å². The second-order valence-electron chi connectivity index (χ2n) is 3.69. The summed E-state index contributed by atoms with van der Waals surface area (Å²) in [4.78, 5) is 3.43. The number of allylic oxidation sites excluding steroid dienone is 1. The molecular formula is C13H12N2. The fraction of sp³-hybridized carbons (Fsp3) is 0.0769. The maximum Gasteiger partial charge on any atom is 0.118 e. The second-order valence-corrected chi connectivity index (χ2v) is 3.69. The molecule has 74 valence electrons. The van der Waals surface area contributed by atoms with E-state index in [1.807, 2.05) is 6.08 Å². The molecule has 2 aromatic heterocycles. The van der Waals surface area contributed by atoms with Crippen LogP contribution in [-0.4, -0.2) is 9.55 Å². The first-order valence-corrected chi connectivity index (χ1v) is 5.06. The van der Waals surface area contributed by atoms with Gasteiger partial charge in [0, 0.05) is 29.0 Å². The van der Waals surface area contributed by atoms with Gasteiger partial charge in [-0.15, -0.1) is 6.58 Å². The number of nitrogens with zero attached hydrogens (tertiary/aromatic N) is 1. The van der Waals surface area contributed by atoms with Crippen LogP contribution in [0.4, 0.5) is 0 Å². The standard InChI is InChI=1S/C13H12N2/c1-2-8-15-9-7-11-10-5-3-4-6-12(10)14-13(11)15/h2-7,9,14H,1,8H2. The Morgan fingerprint density at radius 2 is 2.07 bits per heavy atom. The topological polar surface area (TPSA) is 20.7 Å². The molecule has 0 unspecified atom stereocenters. The molecule has 0 saturated carbocycles. The van der Waals surface area contributed by atoms with Crippen molar-refractivity contribution in [1.82, 2.24) is 9.55 Å². The van der Waals surface area contributed by atoms with Gasteiger partial charge in [-0.25, -0.2) is 0 Å². The molecule has 0 atom stereocenters. The number of rotatable bonds is 2.